The number of methoxy groups -OCH3 is 1. The van der Waals surface area contributed by atoms with E-state index in [4.69, 9.17) is 11.6 Å². The van der Waals surface area contributed by atoms with E-state index in [-0.39, 0.29) is 0 Å². The molecular weight excluding hydrogens is 264 g/mol. The molecule has 0 amide bonds. The molecule has 0 bridgehead atoms. The minimum absolute atomic E-state index is 0.541. The van der Waals surface area contributed by atoms with E-state index in [2.05, 4.69) is 4.74 Å². The molecule has 0 spiro atoms. The molecular formula is C10H7ClF4O2. The van der Waals surface area contributed by atoms with Gasteiger partial charge in [0, 0.05) is 0 Å². The molecule has 0 fully saturated rings. The van der Waals surface area contributed by atoms with E-state index in [9.17, 15) is 22.4 Å². The highest BCUT2D eigenvalue weighted by Crippen LogP contribution is 2.36. The van der Waals surface area contributed by atoms with Gasteiger partial charge in [-0.2, -0.15) is 13.2 Å². The third kappa shape index (κ3) is 3.09. The maximum atomic E-state index is 13.1. The van der Waals surface area contributed by atoms with Crippen molar-refractivity contribution in [2.75, 3.05) is 7.11 Å². The number of halogens is 5. The van der Waals surface area contributed by atoms with Gasteiger partial charge in [-0.25, -0.2) is 4.39 Å². The Kier molecular flexibility index (Phi) is 3.98. The van der Waals surface area contributed by atoms with Gasteiger partial charge in [0.05, 0.1) is 24.1 Å². The van der Waals surface area contributed by atoms with Gasteiger partial charge in [0.25, 0.3) is 0 Å². The van der Waals surface area contributed by atoms with E-state index in [1.807, 2.05) is 0 Å². The van der Waals surface area contributed by atoms with E-state index < -0.39 is 40.5 Å². The number of hydrogen-bond acceptors (Lipinski definition) is 2. The zero-order valence-electron chi connectivity index (χ0n) is 8.57. The van der Waals surface area contributed by atoms with Crippen LogP contribution in [0.5, 0.6) is 0 Å². The molecule has 0 aromatic heterocycles. The van der Waals surface area contributed by atoms with E-state index in [1.54, 1.807) is 0 Å². The van der Waals surface area contributed by atoms with Gasteiger partial charge in [0.2, 0.25) is 0 Å². The van der Waals surface area contributed by atoms with Gasteiger partial charge in [-0.3, -0.25) is 4.79 Å². The van der Waals surface area contributed by atoms with Crippen molar-refractivity contribution in [1.82, 2.24) is 0 Å². The fourth-order valence-corrected chi connectivity index (χ4v) is 1.48. The van der Waals surface area contributed by atoms with Crippen LogP contribution in [0.1, 0.15) is 11.1 Å². The first-order chi connectivity index (χ1) is 7.77. The summed E-state index contributed by atoms with van der Waals surface area (Å²) in [6, 6.07) is 1.14. The van der Waals surface area contributed by atoms with Crippen LogP contribution in [-0.4, -0.2) is 13.1 Å². The average Bonchev–Trinajstić information content (AvgIpc) is 2.22. The molecule has 1 rings (SSSR count). The van der Waals surface area contributed by atoms with Gasteiger partial charge >= 0.3 is 12.1 Å². The van der Waals surface area contributed by atoms with Crippen LogP contribution in [0.2, 0.25) is 5.02 Å². The Bertz CT molecular complexity index is 443. The highest BCUT2D eigenvalue weighted by molar-refractivity contribution is 6.31. The van der Waals surface area contributed by atoms with Crippen molar-refractivity contribution in [1.29, 1.82) is 0 Å². The Hall–Kier alpha value is -1.30. The fourth-order valence-electron chi connectivity index (χ4n) is 1.25. The Morgan fingerprint density at radius 2 is 2.00 bits per heavy atom. The molecule has 94 valence electrons. The van der Waals surface area contributed by atoms with Gasteiger partial charge in [-0.15, -0.1) is 0 Å². The van der Waals surface area contributed by atoms with Crippen molar-refractivity contribution in [3.8, 4) is 0 Å². The van der Waals surface area contributed by atoms with Crippen LogP contribution in [0, 0.1) is 5.82 Å². The van der Waals surface area contributed by atoms with Gasteiger partial charge in [0.15, 0.2) is 0 Å². The first kappa shape index (κ1) is 13.8. The lowest BCUT2D eigenvalue weighted by molar-refractivity contribution is -0.141. The summed E-state index contributed by atoms with van der Waals surface area (Å²) in [6.07, 6.45) is -5.44. The second-order valence-electron chi connectivity index (χ2n) is 3.14. The monoisotopic (exact) mass is 270 g/mol. The van der Waals surface area contributed by atoms with E-state index >= 15 is 0 Å². The van der Waals surface area contributed by atoms with Crippen LogP contribution >= 0.6 is 11.6 Å². The van der Waals surface area contributed by atoms with Crippen molar-refractivity contribution in [3.05, 3.63) is 34.1 Å². The Balaban J connectivity index is 3.32. The lowest BCUT2D eigenvalue weighted by atomic mass is 10.0. The fraction of sp³-hybridized carbons (Fsp3) is 0.300. The summed E-state index contributed by atoms with van der Waals surface area (Å²) in [5, 5.41) is -0.717. The minimum Gasteiger partial charge on any atom is -0.469 e. The van der Waals surface area contributed by atoms with Crippen molar-refractivity contribution < 1.29 is 27.1 Å². The van der Waals surface area contributed by atoms with Crippen LogP contribution in [0.25, 0.3) is 0 Å². The Labute approximate surface area is 99.1 Å². The molecule has 0 N–H and O–H groups in total. The van der Waals surface area contributed by atoms with Crippen LogP contribution in [0.4, 0.5) is 17.6 Å². The highest BCUT2D eigenvalue weighted by atomic mass is 35.5. The number of benzene rings is 1. The molecule has 0 saturated heterocycles. The quantitative estimate of drug-likeness (QED) is 0.609. The van der Waals surface area contributed by atoms with Gasteiger partial charge in [-0.05, 0) is 17.7 Å². The van der Waals surface area contributed by atoms with E-state index in [0.717, 1.165) is 7.11 Å². The number of carbonyl (C=O) groups is 1. The molecule has 0 aliphatic heterocycles. The number of rotatable bonds is 2. The third-order valence-corrected chi connectivity index (χ3v) is 2.46. The summed E-state index contributed by atoms with van der Waals surface area (Å²) in [5.41, 5.74) is -1.76. The Morgan fingerprint density at radius 1 is 1.41 bits per heavy atom. The number of carbonyl (C=O) groups excluding carboxylic acids is 1. The number of ether oxygens (including phenoxy) is 1. The van der Waals surface area contributed by atoms with Crippen molar-refractivity contribution >= 4 is 17.6 Å². The normalized spacial score (nSPS) is 11.4. The molecule has 7 heteroatoms. The standard InChI is InChI=1S/C10H7ClF4O2/c1-17-8(16)4-5-6(10(13,14)15)2-3-7(12)9(5)11/h2-3H,4H2,1H3. The van der Waals surface area contributed by atoms with Crippen molar-refractivity contribution in [2.24, 2.45) is 0 Å². The molecule has 0 heterocycles. The molecule has 0 aliphatic carbocycles. The molecule has 0 aliphatic rings. The lowest BCUT2D eigenvalue weighted by Gasteiger charge is -2.13. The zero-order valence-corrected chi connectivity index (χ0v) is 9.32. The smallest absolute Gasteiger partial charge is 0.416 e. The predicted octanol–water partition coefficient (Wildman–Crippen LogP) is 3.21. The first-order valence-corrected chi connectivity index (χ1v) is 4.76. The van der Waals surface area contributed by atoms with Crippen LogP contribution < -0.4 is 0 Å². The van der Waals surface area contributed by atoms with E-state index in [0.29, 0.717) is 12.1 Å². The largest absolute Gasteiger partial charge is 0.469 e. The molecule has 0 unspecified atom stereocenters. The topological polar surface area (TPSA) is 26.3 Å². The van der Waals surface area contributed by atoms with Crippen molar-refractivity contribution in [2.45, 2.75) is 12.6 Å². The summed E-state index contributed by atoms with van der Waals surface area (Å²) in [4.78, 5) is 11.0. The molecule has 1 aromatic carbocycles. The molecule has 0 radical (unpaired) electrons. The SMILES string of the molecule is COC(=O)Cc1c(C(F)(F)F)ccc(F)c1Cl. The number of alkyl halides is 3. The van der Waals surface area contributed by atoms with Crippen LogP contribution in [0.3, 0.4) is 0 Å². The first-order valence-electron chi connectivity index (χ1n) is 4.38. The summed E-state index contributed by atoms with van der Waals surface area (Å²) in [5.74, 6) is -1.94. The molecule has 17 heavy (non-hydrogen) atoms. The zero-order chi connectivity index (χ0) is 13.2. The maximum absolute atomic E-state index is 13.1. The van der Waals surface area contributed by atoms with Gasteiger partial charge < -0.3 is 4.74 Å². The van der Waals surface area contributed by atoms with Gasteiger partial charge in [-0.1, -0.05) is 11.6 Å². The molecule has 0 saturated carbocycles. The number of hydrogen-bond donors (Lipinski definition) is 0. The second kappa shape index (κ2) is 4.91. The summed E-state index contributed by atoms with van der Waals surface area (Å²) in [6.45, 7) is 0. The number of esters is 1. The minimum atomic E-state index is -4.71. The van der Waals surface area contributed by atoms with E-state index in [1.165, 1.54) is 0 Å². The molecule has 1 aromatic rings. The van der Waals surface area contributed by atoms with Crippen LogP contribution in [-0.2, 0) is 22.1 Å². The Morgan fingerprint density at radius 3 is 2.47 bits per heavy atom. The lowest BCUT2D eigenvalue weighted by Crippen LogP contribution is -2.14. The molecule has 2 nitrogen and oxygen atoms in total. The summed E-state index contributed by atoms with van der Waals surface area (Å²) >= 11 is 5.42. The van der Waals surface area contributed by atoms with Gasteiger partial charge in [0.1, 0.15) is 5.82 Å². The predicted molar refractivity (Wildman–Crippen MR) is 52.1 cm³/mol. The maximum Gasteiger partial charge on any atom is 0.416 e. The molecule has 0 atom stereocenters. The summed E-state index contributed by atoms with van der Waals surface area (Å²) < 4.78 is 55.0. The van der Waals surface area contributed by atoms with Crippen molar-refractivity contribution in [3.63, 3.8) is 0 Å². The highest BCUT2D eigenvalue weighted by Gasteiger charge is 2.35. The van der Waals surface area contributed by atoms with Crippen LogP contribution in [0.15, 0.2) is 12.1 Å². The summed E-state index contributed by atoms with van der Waals surface area (Å²) in [7, 11) is 1.02. The third-order valence-electron chi connectivity index (χ3n) is 2.05. The average molecular weight is 271 g/mol. The second-order valence-corrected chi connectivity index (χ2v) is 3.52.